The SMILES string of the molecule is CN1CCCC(CNC(=O)[C@@H]2CCCC[C@@H]2C(=O)O)C1. The quantitative estimate of drug-likeness (QED) is 0.816. The van der Waals surface area contributed by atoms with Crippen LogP contribution in [0.15, 0.2) is 0 Å². The van der Waals surface area contributed by atoms with Gasteiger partial charge in [-0.2, -0.15) is 0 Å². The van der Waals surface area contributed by atoms with Crippen molar-refractivity contribution in [1.29, 1.82) is 0 Å². The number of hydrogen-bond acceptors (Lipinski definition) is 3. The number of hydrogen-bond donors (Lipinski definition) is 2. The van der Waals surface area contributed by atoms with Gasteiger partial charge in [0.1, 0.15) is 0 Å². The standard InChI is InChI=1S/C15H26N2O3/c1-17-8-4-5-11(10-17)9-16-14(18)12-6-2-3-7-13(12)15(19)20/h11-13H,2-10H2,1H3,(H,16,18)(H,19,20)/t11?,12-,13+/m1/s1. The monoisotopic (exact) mass is 282 g/mol. The summed E-state index contributed by atoms with van der Waals surface area (Å²) in [6.07, 6.45) is 5.57. The van der Waals surface area contributed by atoms with Crippen LogP contribution in [0.5, 0.6) is 0 Å². The van der Waals surface area contributed by atoms with Gasteiger partial charge < -0.3 is 15.3 Å². The molecule has 0 aromatic carbocycles. The van der Waals surface area contributed by atoms with Crippen LogP contribution in [0.1, 0.15) is 38.5 Å². The molecule has 0 radical (unpaired) electrons. The third-order valence-corrected chi connectivity index (χ3v) is 4.71. The van der Waals surface area contributed by atoms with Crippen molar-refractivity contribution < 1.29 is 14.7 Å². The average molecular weight is 282 g/mol. The van der Waals surface area contributed by atoms with Gasteiger partial charge >= 0.3 is 5.97 Å². The summed E-state index contributed by atoms with van der Waals surface area (Å²) in [7, 11) is 2.11. The summed E-state index contributed by atoms with van der Waals surface area (Å²) in [5.41, 5.74) is 0. The Balaban J connectivity index is 1.82. The number of nitrogens with one attached hydrogen (secondary N) is 1. The van der Waals surface area contributed by atoms with Gasteiger partial charge in [0.25, 0.3) is 0 Å². The number of rotatable bonds is 4. The molecule has 2 fully saturated rings. The van der Waals surface area contributed by atoms with E-state index in [4.69, 9.17) is 0 Å². The molecular weight excluding hydrogens is 256 g/mol. The molecule has 0 spiro atoms. The molecule has 1 heterocycles. The van der Waals surface area contributed by atoms with E-state index in [0.29, 0.717) is 25.3 Å². The third kappa shape index (κ3) is 3.95. The van der Waals surface area contributed by atoms with Gasteiger partial charge in [-0.1, -0.05) is 12.8 Å². The zero-order chi connectivity index (χ0) is 14.5. The summed E-state index contributed by atoms with van der Waals surface area (Å²) in [5, 5.41) is 12.2. The van der Waals surface area contributed by atoms with Gasteiger partial charge in [0.2, 0.25) is 5.91 Å². The van der Waals surface area contributed by atoms with Crippen molar-refractivity contribution in [2.75, 3.05) is 26.7 Å². The molecule has 0 aromatic rings. The van der Waals surface area contributed by atoms with Crippen molar-refractivity contribution >= 4 is 11.9 Å². The molecule has 20 heavy (non-hydrogen) atoms. The molecular formula is C15H26N2O3. The Morgan fingerprint density at radius 2 is 1.85 bits per heavy atom. The van der Waals surface area contributed by atoms with E-state index in [1.165, 1.54) is 6.42 Å². The molecule has 114 valence electrons. The first-order chi connectivity index (χ1) is 9.58. The molecule has 0 bridgehead atoms. The fourth-order valence-corrected chi connectivity index (χ4v) is 3.56. The summed E-state index contributed by atoms with van der Waals surface area (Å²) >= 11 is 0. The lowest BCUT2D eigenvalue weighted by Crippen LogP contribution is -2.44. The van der Waals surface area contributed by atoms with Crippen molar-refractivity contribution in [3.05, 3.63) is 0 Å². The Labute approximate surface area is 120 Å². The average Bonchev–Trinajstić information content (AvgIpc) is 2.45. The molecule has 1 aliphatic heterocycles. The topological polar surface area (TPSA) is 69.6 Å². The highest BCUT2D eigenvalue weighted by Gasteiger charge is 2.35. The van der Waals surface area contributed by atoms with Crippen LogP contribution in [0.3, 0.4) is 0 Å². The fraction of sp³-hybridized carbons (Fsp3) is 0.867. The summed E-state index contributed by atoms with van der Waals surface area (Å²) in [6, 6.07) is 0. The summed E-state index contributed by atoms with van der Waals surface area (Å²) in [6.45, 7) is 2.84. The maximum atomic E-state index is 12.2. The highest BCUT2D eigenvalue weighted by molar-refractivity contribution is 5.84. The van der Waals surface area contributed by atoms with Crippen LogP contribution < -0.4 is 5.32 Å². The van der Waals surface area contributed by atoms with Gasteiger partial charge in [-0.3, -0.25) is 9.59 Å². The van der Waals surface area contributed by atoms with Crippen LogP contribution in [-0.4, -0.2) is 48.6 Å². The molecule has 2 N–H and O–H groups in total. The second-order valence-electron chi connectivity index (χ2n) is 6.35. The number of piperidine rings is 1. The van der Waals surface area contributed by atoms with Crippen LogP contribution in [-0.2, 0) is 9.59 Å². The first-order valence-corrected chi connectivity index (χ1v) is 7.77. The number of aliphatic carboxylic acids is 1. The number of carboxylic acids is 1. The van der Waals surface area contributed by atoms with E-state index in [1.54, 1.807) is 0 Å². The van der Waals surface area contributed by atoms with Crippen molar-refractivity contribution in [2.45, 2.75) is 38.5 Å². The Kier molecular flexibility index (Phi) is 5.40. The number of nitrogens with zero attached hydrogens (tertiary/aromatic N) is 1. The van der Waals surface area contributed by atoms with Crippen molar-refractivity contribution in [1.82, 2.24) is 10.2 Å². The molecule has 1 aliphatic carbocycles. The van der Waals surface area contributed by atoms with Gasteiger partial charge in [0.15, 0.2) is 0 Å². The van der Waals surface area contributed by atoms with Crippen molar-refractivity contribution in [2.24, 2.45) is 17.8 Å². The first-order valence-electron chi connectivity index (χ1n) is 7.77. The predicted molar refractivity (Wildman–Crippen MR) is 76.3 cm³/mol. The minimum absolute atomic E-state index is 0.0506. The molecule has 0 aromatic heterocycles. The van der Waals surface area contributed by atoms with Gasteiger partial charge in [0, 0.05) is 13.1 Å². The van der Waals surface area contributed by atoms with Crippen molar-refractivity contribution in [3.8, 4) is 0 Å². The predicted octanol–water partition coefficient (Wildman–Crippen LogP) is 1.34. The van der Waals surface area contributed by atoms with Crippen LogP contribution in [0.25, 0.3) is 0 Å². The minimum atomic E-state index is -0.817. The highest BCUT2D eigenvalue weighted by atomic mass is 16.4. The number of carboxylic acid groups (broad SMARTS) is 1. The zero-order valence-electron chi connectivity index (χ0n) is 12.3. The lowest BCUT2D eigenvalue weighted by atomic mass is 9.78. The van der Waals surface area contributed by atoms with E-state index in [-0.39, 0.29) is 11.8 Å². The van der Waals surface area contributed by atoms with Crippen molar-refractivity contribution in [3.63, 3.8) is 0 Å². The maximum absolute atomic E-state index is 12.2. The van der Waals surface area contributed by atoms with Crippen LogP contribution >= 0.6 is 0 Å². The first kappa shape index (κ1) is 15.3. The zero-order valence-corrected chi connectivity index (χ0v) is 12.3. The highest BCUT2D eigenvalue weighted by Crippen LogP contribution is 2.30. The van der Waals surface area contributed by atoms with Gasteiger partial charge in [-0.25, -0.2) is 0 Å². The molecule has 1 amide bonds. The maximum Gasteiger partial charge on any atom is 0.307 e. The fourth-order valence-electron chi connectivity index (χ4n) is 3.56. The molecule has 3 atom stereocenters. The number of amides is 1. The summed E-state index contributed by atoms with van der Waals surface area (Å²) < 4.78 is 0. The number of carbonyl (C=O) groups is 2. The number of likely N-dealkylation sites (tertiary alicyclic amines) is 1. The van der Waals surface area contributed by atoms with E-state index >= 15 is 0 Å². The lowest BCUT2D eigenvalue weighted by molar-refractivity contribution is -0.149. The number of carbonyl (C=O) groups excluding carboxylic acids is 1. The van der Waals surface area contributed by atoms with E-state index < -0.39 is 11.9 Å². The van der Waals surface area contributed by atoms with Crippen LogP contribution in [0.4, 0.5) is 0 Å². The molecule has 1 saturated carbocycles. The normalized spacial score (nSPS) is 31.8. The Morgan fingerprint density at radius 3 is 2.50 bits per heavy atom. The van der Waals surface area contributed by atoms with E-state index in [9.17, 15) is 14.7 Å². The molecule has 1 saturated heterocycles. The van der Waals surface area contributed by atoms with Gasteiger partial charge in [0.05, 0.1) is 11.8 Å². The van der Waals surface area contributed by atoms with Crippen LogP contribution in [0, 0.1) is 17.8 Å². The lowest BCUT2D eigenvalue weighted by Gasteiger charge is -2.31. The second-order valence-corrected chi connectivity index (χ2v) is 6.35. The molecule has 1 unspecified atom stereocenters. The van der Waals surface area contributed by atoms with Crippen LogP contribution in [0.2, 0.25) is 0 Å². The van der Waals surface area contributed by atoms with Gasteiger partial charge in [-0.05, 0) is 45.2 Å². The molecule has 5 nitrogen and oxygen atoms in total. The Hall–Kier alpha value is -1.10. The van der Waals surface area contributed by atoms with Gasteiger partial charge in [-0.15, -0.1) is 0 Å². The third-order valence-electron chi connectivity index (χ3n) is 4.71. The minimum Gasteiger partial charge on any atom is -0.481 e. The molecule has 5 heteroatoms. The summed E-state index contributed by atoms with van der Waals surface area (Å²) in [4.78, 5) is 25.8. The Morgan fingerprint density at radius 1 is 1.15 bits per heavy atom. The largest absolute Gasteiger partial charge is 0.481 e. The smallest absolute Gasteiger partial charge is 0.307 e. The second kappa shape index (κ2) is 7.07. The Bertz CT molecular complexity index is 359. The van der Waals surface area contributed by atoms with E-state index in [2.05, 4.69) is 17.3 Å². The summed E-state index contributed by atoms with van der Waals surface area (Å²) in [5.74, 6) is -1.18. The molecule has 2 aliphatic rings. The van der Waals surface area contributed by atoms with E-state index in [1.807, 2.05) is 0 Å². The van der Waals surface area contributed by atoms with E-state index in [0.717, 1.165) is 32.4 Å². The molecule has 2 rings (SSSR count).